The van der Waals surface area contributed by atoms with Gasteiger partial charge in [0.2, 0.25) is 5.91 Å². The van der Waals surface area contributed by atoms with Crippen LogP contribution in [-0.2, 0) is 16.2 Å². The maximum atomic E-state index is 13.3. The number of amides is 3. The van der Waals surface area contributed by atoms with Crippen molar-refractivity contribution in [1.82, 2.24) is 4.90 Å². The molecule has 0 radical (unpaired) electrons. The van der Waals surface area contributed by atoms with E-state index in [1.807, 2.05) is 25.1 Å². The van der Waals surface area contributed by atoms with E-state index < -0.39 is 29.4 Å². The summed E-state index contributed by atoms with van der Waals surface area (Å²) in [6.45, 7) is 1.99. The number of carbonyl (C=O) groups is 3. The number of nitrogens with zero attached hydrogens (tertiary/aromatic N) is 1. The van der Waals surface area contributed by atoms with Crippen LogP contribution in [-0.4, -0.2) is 35.1 Å². The van der Waals surface area contributed by atoms with Gasteiger partial charge in [-0.05, 0) is 66.7 Å². The first-order chi connectivity index (χ1) is 17.8. The van der Waals surface area contributed by atoms with Gasteiger partial charge in [-0.3, -0.25) is 19.3 Å². The molecule has 1 aliphatic rings. The molecule has 1 N–H and O–H groups in total. The van der Waals surface area contributed by atoms with Gasteiger partial charge in [-0.1, -0.05) is 41.9 Å². The Labute approximate surface area is 222 Å². The molecular weight excluding hydrogens is 519 g/mol. The first-order valence-electron chi connectivity index (χ1n) is 11.3. The quantitative estimate of drug-likeness (QED) is 0.329. The molecule has 0 bridgehead atoms. The minimum absolute atomic E-state index is 0.163. The normalized spacial score (nSPS) is 14.2. The predicted molar refractivity (Wildman–Crippen MR) is 141 cm³/mol. The van der Waals surface area contributed by atoms with Crippen molar-refractivity contribution < 1.29 is 28.2 Å². The Morgan fingerprint density at radius 2 is 1.86 bits per heavy atom. The lowest BCUT2D eigenvalue weighted by Crippen LogP contribution is -2.36. The van der Waals surface area contributed by atoms with E-state index in [1.165, 1.54) is 18.2 Å². The second-order valence-corrected chi connectivity index (χ2v) is 9.25. The molecule has 10 heteroatoms. The summed E-state index contributed by atoms with van der Waals surface area (Å²) in [5.74, 6) is -0.758. The lowest BCUT2D eigenvalue weighted by molar-refractivity contribution is -0.127. The minimum atomic E-state index is -0.618. The molecule has 7 nitrogen and oxygen atoms in total. The number of hydrogen-bond donors (Lipinski definition) is 1. The Bertz CT molecular complexity index is 1380. The highest BCUT2D eigenvalue weighted by molar-refractivity contribution is 8.18. The van der Waals surface area contributed by atoms with Gasteiger partial charge >= 0.3 is 0 Å². The minimum Gasteiger partial charge on any atom is -0.490 e. The third kappa shape index (κ3) is 6.69. The molecular formula is C27H22ClFN2O5S. The van der Waals surface area contributed by atoms with Crippen molar-refractivity contribution in [1.29, 1.82) is 0 Å². The van der Waals surface area contributed by atoms with Gasteiger partial charge in [0.05, 0.1) is 11.5 Å². The number of thioether (sulfide) groups is 1. The third-order valence-electron chi connectivity index (χ3n) is 5.19. The molecule has 0 aliphatic carbocycles. The summed E-state index contributed by atoms with van der Waals surface area (Å²) in [5, 5.41) is 2.50. The van der Waals surface area contributed by atoms with Crippen LogP contribution in [0, 0.1) is 5.82 Å². The number of halogens is 2. The number of anilines is 1. The van der Waals surface area contributed by atoms with Gasteiger partial charge in [0.1, 0.15) is 19.0 Å². The molecule has 0 spiro atoms. The molecule has 1 fully saturated rings. The number of imide groups is 1. The van der Waals surface area contributed by atoms with Crippen LogP contribution in [0.15, 0.2) is 71.6 Å². The first-order valence-corrected chi connectivity index (χ1v) is 12.5. The monoisotopic (exact) mass is 540 g/mol. The molecule has 3 aromatic rings. The number of rotatable bonds is 9. The van der Waals surface area contributed by atoms with Crippen molar-refractivity contribution in [3.8, 4) is 11.5 Å². The molecule has 4 rings (SSSR count). The van der Waals surface area contributed by atoms with E-state index in [1.54, 1.807) is 30.3 Å². The van der Waals surface area contributed by atoms with Crippen LogP contribution in [0.1, 0.15) is 18.1 Å². The molecule has 37 heavy (non-hydrogen) atoms. The Morgan fingerprint density at radius 1 is 1.05 bits per heavy atom. The Morgan fingerprint density at radius 3 is 2.62 bits per heavy atom. The van der Waals surface area contributed by atoms with Crippen LogP contribution in [0.3, 0.4) is 0 Å². The molecule has 0 aromatic heterocycles. The predicted octanol–water partition coefficient (Wildman–Crippen LogP) is 6.13. The number of carbonyl (C=O) groups excluding carboxylic acids is 3. The zero-order chi connectivity index (χ0) is 26.4. The van der Waals surface area contributed by atoms with E-state index in [2.05, 4.69) is 5.32 Å². The van der Waals surface area contributed by atoms with Gasteiger partial charge in [-0.25, -0.2) is 4.39 Å². The molecule has 1 aliphatic heterocycles. The van der Waals surface area contributed by atoms with Crippen LogP contribution in [0.4, 0.5) is 14.9 Å². The van der Waals surface area contributed by atoms with E-state index >= 15 is 0 Å². The molecule has 3 amide bonds. The van der Waals surface area contributed by atoms with Crippen LogP contribution < -0.4 is 14.8 Å². The van der Waals surface area contributed by atoms with E-state index in [0.717, 1.165) is 28.3 Å². The van der Waals surface area contributed by atoms with Crippen molar-refractivity contribution >= 4 is 52.2 Å². The van der Waals surface area contributed by atoms with Crippen LogP contribution >= 0.6 is 23.4 Å². The third-order valence-corrected chi connectivity index (χ3v) is 6.47. The lowest BCUT2D eigenvalue weighted by atomic mass is 10.1. The molecule has 0 saturated carbocycles. The lowest BCUT2D eigenvalue weighted by Gasteiger charge is -2.13. The van der Waals surface area contributed by atoms with Crippen LogP contribution in [0.2, 0.25) is 5.02 Å². The first kappa shape index (κ1) is 26.2. The van der Waals surface area contributed by atoms with Crippen LogP contribution in [0.25, 0.3) is 6.08 Å². The van der Waals surface area contributed by atoms with E-state index in [9.17, 15) is 18.8 Å². The Kier molecular flexibility index (Phi) is 8.47. The number of ether oxygens (including phenoxy) is 2. The largest absolute Gasteiger partial charge is 0.490 e. The van der Waals surface area contributed by atoms with E-state index in [4.69, 9.17) is 21.1 Å². The highest BCUT2D eigenvalue weighted by Gasteiger charge is 2.36. The smallest absolute Gasteiger partial charge is 0.294 e. The molecule has 0 atom stereocenters. The number of benzene rings is 3. The second-order valence-electron chi connectivity index (χ2n) is 7.85. The maximum absolute atomic E-state index is 13.3. The Balaban J connectivity index is 1.45. The molecule has 1 saturated heterocycles. The fourth-order valence-corrected chi connectivity index (χ4v) is 4.50. The fraction of sp³-hybridized carbons (Fsp3) is 0.148. The van der Waals surface area contributed by atoms with Crippen LogP contribution in [0.5, 0.6) is 11.5 Å². The van der Waals surface area contributed by atoms with Crippen molar-refractivity contribution in [2.45, 2.75) is 13.5 Å². The average molecular weight is 541 g/mol. The molecule has 3 aromatic carbocycles. The van der Waals surface area contributed by atoms with Gasteiger partial charge in [0.25, 0.3) is 11.1 Å². The summed E-state index contributed by atoms with van der Waals surface area (Å²) in [5.41, 5.74) is 1.67. The van der Waals surface area contributed by atoms with Gasteiger partial charge in [0, 0.05) is 16.3 Å². The van der Waals surface area contributed by atoms with Crippen molar-refractivity contribution in [3.63, 3.8) is 0 Å². The van der Waals surface area contributed by atoms with E-state index in [-0.39, 0.29) is 17.2 Å². The molecule has 1 heterocycles. The van der Waals surface area contributed by atoms with Gasteiger partial charge < -0.3 is 14.8 Å². The number of nitrogens with one attached hydrogen (secondary N) is 1. The van der Waals surface area contributed by atoms with E-state index in [0.29, 0.717) is 28.7 Å². The van der Waals surface area contributed by atoms with Gasteiger partial charge in [0.15, 0.2) is 11.5 Å². The maximum Gasteiger partial charge on any atom is 0.294 e. The van der Waals surface area contributed by atoms with Crippen molar-refractivity contribution in [2.24, 2.45) is 0 Å². The Hall–Kier alpha value is -3.82. The van der Waals surface area contributed by atoms with Crippen molar-refractivity contribution in [3.05, 3.63) is 93.6 Å². The zero-order valence-electron chi connectivity index (χ0n) is 19.7. The zero-order valence-corrected chi connectivity index (χ0v) is 21.3. The topological polar surface area (TPSA) is 84.9 Å². The summed E-state index contributed by atoms with van der Waals surface area (Å²) in [4.78, 5) is 38.6. The summed E-state index contributed by atoms with van der Waals surface area (Å²) < 4.78 is 25.0. The van der Waals surface area contributed by atoms with Crippen molar-refractivity contribution in [2.75, 3.05) is 18.5 Å². The highest BCUT2D eigenvalue weighted by Crippen LogP contribution is 2.35. The molecule has 0 unspecified atom stereocenters. The summed E-state index contributed by atoms with van der Waals surface area (Å²) in [6, 6.07) is 17.8. The summed E-state index contributed by atoms with van der Waals surface area (Å²) >= 11 is 6.93. The summed E-state index contributed by atoms with van der Waals surface area (Å²) in [6.07, 6.45) is 1.55. The average Bonchev–Trinajstić information content (AvgIpc) is 3.12. The molecule has 190 valence electrons. The highest BCUT2D eigenvalue weighted by atomic mass is 35.5. The second kappa shape index (κ2) is 11.9. The SMILES string of the molecule is CCOc1cc(/C=C2/SC(=O)N(CC(=O)Nc3cccc(F)c3)C2=O)ccc1OCc1ccccc1Cl. The standard InChI is InChI=1S/C27H22ClFN2O5S/c1-2-35-23-12-17(10-11-22(23)36-16-18-6-3-4-9-21(18)28)13-24-26(33)31(27(34)37-24)15-25(32)30-20-8-5-7-19(29)14-20/h3-14H,2,15-16H2,1H3,(H,30,32)/b24-13+. The summed E-state index contributed by atoms with van der Waals surface area (Å²) in [7, 11) is 0. The number of hydrogen-bond acceptors (Lipinski definition) is 6. The van der Waals surface area contributed by atoms with Gasteiger partial charge in [-0.2, -0.15) is 0 Å². The van der Waals surface area contributed by atoms with Gasteiger partial charge in [-0.15, -0.1) is 0 Å². The fourth-order valence-electron chi connectivity index (χ4n) is 3.47.